The van der Waals surface area contributed by atoms with Crippen LogP contribution in [0.5, 0.6) is 17.2 Å². The predicted octanol–water partition coefficient (Wildman–Crippen LogP) is 2.75. The van der Waals surface area contributed by atoms with Crippen LogP contribution in [0.3, 0.4) is 0 Å². The van der Waals surface area contributed by atoms with Gasteiger partial charge in [0.1, 0.15) is 0 Å². The first-order valence-corrected chi connectivity index (χ1v) is 11.1. The van der Waals surface area contributed by atoms with Crippen LogP contribution in [-0.4, -0.2) is 90.5 Å². The molecule has 0 aromatic heterocycles. The molecule has 1 saturated heterocycles. The highest BCUT2D eigenvalue weighted by Gasteiger charge is 2.22. The van der Waals surface area contributed by atoms with Gasteiger partial charge in [-0.25, -0.2) is 0 Å². The molecule has 2 aromatic carbocycles. The number of rotatable bonds is 10. The van der Waals surface area contributed by atoms with Crippen LogP contribution < -0.4 is 19.1 Å². The topological polar surface area (TPSA) is 63.7 Å². The Hall–Kier alpha value is -2.97. The zero-order valence-corrected chi connectivity index (χ0v) is 20.3. The van der Waals surface area contributed by atoms with Crippen molar-refractivity contribution in [3.63, 3.8) is 0 Å². The summed E-state index contributed by atoms with van der Waals surface area (Å²) in [5, 5.41) is 0. The molecule has 1 fully saturated rings. The fourth-order valence-corrected chi connectivity index (χ4v) is 3.85. The van der Waals surface area contributed by atoms with Gasteiger partial charge in [0.2, 0.25) is 5.75 Å². The average molecular weight is 458 g/mol. The molecule has 33 heavy (non-hydrogen) atoms. The molecule has 0 saturated carbocycles. The molecule has 0 atom stereocenters. The van der Waals surface area contributed by atoms with Gasteiger partial charge in [0.15, 0.2) is 11.5 Å². The van der Waals surface area contributed by atoms with Crippen LogP contribution in [0.1, 0.15) is 15.9 Å². The molecule has 2 aromatic rings. The molecule has 0 N–H and O–H groups in total. The van der Waals surface area contributed by atoms with Crippen LogP contribution >= 0.6 is 0 Å². The number of nitrogens with zero attached hydrogens (tertiary/aromatic N) is 3. The zero-order valence-electron chi connectivity index (χ0n) is 20.3. The molecule has 1 heterocycles. The zero-order chi connectivity index (χ0) is 23.8. The smallest absolute Gasteiger partial charge is 0.254 e. The van der Waals surface area contributed by atoms with E-state index in [1.54, 1.807) is 33.5 Å². The maximum Gasteiger partial charge on any atom is 0.254 e. The summed E-state index contributed by atoms with van der Waals surface area (Å²) in [5.41, 5.74) is 2.69. The third-order valence-electron chi connectivity index (χ3n) is 5.81. The lowest BCUT2D eigenvalue weighted by molar-refractivity contribution is 0.0320. The predicted molar refractivity (Wildman–Crippen MR) is 129 cm³/mol. The van der Waals surface area contributed by atoms with E-state index in [1.165, 1.54) is 0 Å². The van der Waals surface area contributed by atoms with Gasteiger partial charge in [-0.3, -0.25) is 9.69 Å². The molecule has 0 spiro atoms. The Morgan fingerprint density at radius 3 is 2.09 bits per heavy atom. The molecular weight excluding hydrogens is 422 g/mol. The van der Waals surface area contributed by atoms with Crippen LogP contribution in [0, 0.1) is 0 Å². The SMILES string of the molecule is COc1cc(C(=O)N(CCN2CCOCC2)Cc2ccc(N(C)C)cc2)cc(OC)c1OC. The monoisotopic (exact) mass is 457 g/mol. The summed E-state index contributed by atoms with van der Waals surface area (Å²) in [6, 6.07) is 11.7. The fourth-order valence-electron chi connectivity index (χ4n) is 3.85. The second kappa shape index (κ2) is 11.8. The van der Waals surface area contributed by atoms with Crippen LogP contribution in [0.25, 0.3) is 0 Å². The highest BCUT2D eigenvalue weighted by atomic mass is 16.5. The van der Waals surface area contributed by atoms with Crippen molar-refractivity contribution in [1.82, 2.24) is 9.80 Å². The summed E-state index contributed by atoms with van der Waals surface area (Å²) in [6.45, 7) is 5.11. The quantitative estimate of drug-likeness (QED) is 0.544. The summed E-state index contributed by atoms with van der Waals surface area (Å²) in [6.07, 6.45) is 0. The number of hydrogen-bond donors (Lipinski definition) is 0. The van der Waals surface area contributed by atoms with Gasteiger partial charge in [0.25, 0.3) is 5.91 Å². The van der Waals surface area contributed by atoms with Crippen molar-refractivity contribution < 1.29 is 23.7 Å². The number of ether oxygens (including phenoxy) is 4. The molecule has 8 nitrogen and oxygen atoms in total. The fraction of sp³-hybridized carbons (Fsp3) is 0.480. The summed E-state index contributed by atoms with van der Waals surface area (Å²) < 4.78 is 21.8. The van der Waals surface area contributed by atoms with E-state index in [0.717, 1.165) is 44.1 Å². The van der Waals surface area contributed by atoms with E-state index in [9.17, 15) is 4.79 Å². The van der Waals surface area contributed by atoms with Crippen molar-refractivity contribution >= 4 is 11.6 Å². The number of carbonyl (C=O) groups is 1. The summed E-state index contributed by atoms with van der Waals surface area (Å²) in [5.74, 6) is 1.31. The largest absolute Gasteiger partial charge is 0.493 e. The Morgan fingerprint density at radius 2 is 1.58 bits per heavy atom. The molecule has 180 valence electrons. The molecule has 0 aliphatic carbocycles. The van der Waals surface area contributed by atoms with E-state index in [4.69, 9.17) is 18.9 Å². The van der Waals surface area contributed by atoms with Crippen LogP contribution in [0.2, 0.25) is 0 Å². The lowest BCUT2D eigenvalue weighted by atomic mass is 10.1. The van der Waals surface area contributed by atoms with Gasteiger partial charge in [-0.15, -0.1) is 0 Å². The molecule has 3 rings (SSSR count). The van der Waals surface area contributed by atoms with Crippen LogP contribution in [-0.2, 0) is 11.3 Å². The maximum absolute atomic E-state index is 13.7. The Kier molecular flexibility index (Phi) is 8.79. The lowest BCUT2D eigenvalue weighted by Gasteiger charge is -2.30. The minimum absolute atomic E-state index is 0.0841. The van der Waals surface area contributed by atoms with Crippen molar-refractivity contribution in [2.75, 3.05) is 79.7 Å². The first-order chi connectivity index (χ1) is 16.0. The van der Waals surface area contributed by atoms with Gasteiger partial charge in [0.05, 0.1) is 34.5 Å². The van der Waals surface area contributed by atoms with Crippen molar-refractivity contribution in [1.29, 1.82) is 0 Å². The van der Waals surface area contributed by atoms with E-state index in [2.05, 4.69) is 34.1 Å². The Morgan fingerprint density at radius 1 is 0.970 bits per heavy atom. The van der Waals surface area contributed by atoms with Crippen molar-refractivity contribution in [2.24, 2.45) is 0 Å². The van der Waals surface area contributed by atoms with Crippen molar-refractivity contribution in [3.05, 3.63) is 47.5 Å². The van der Waals surface area contributed by atoms with Gasteiger partial charge in [0, 0.05) is 58.1 Å². The standard InChI is InChI=1S/C25H35N3O5/c1-26(2)21-8-6-19(7-9-21)18-28(11-10-27-12-14-33-15-13-27)25(29)20-16-22(30-3)24(32-5)23(17-20)31-4/h6-9,16-17H,10-15,18H2,1-5H3. The summed E-state index contributed by atoms with van der Waals surface area (Å²) >= 11 is 0. The molecule has 1 amide bonds. The molecular formula is C25H35N3O5. The Bertz CT molecular complexity index is 886. The number of benzene rings is 2. The highest BCUT2D eigenvalue weighted by Crippen LogP contribution is 2.38. The molecule has 8 heteroatoms. The van der Waals surface area contributed by atoms with Crippen molar-refractivity contribution in [2.45, 2.75) is 6.54 Å². The second-order valence-corrected chi connectivity index (χ2v) is 8.16. The number of anilines is 1. The Balaban J connectivity index is 1.86. The second-order valence-electron chi connectivity index (χ2n) is 8.16. The van der Waals surface area contributed by atoms with Crippen LogP contribution in [0.15, 0.2) is 36.4 Å². The number of amides is 1. The van der Waals surface area contributed by atoms with Gasteiger partial charge in [-0.1, -0.05) is 12.1 Å². The molecule has 0 radical (unpaired) electrons. The van der Waals surface area contributed by atoms with E-state index in [-0.39, 0.29) is 5.91 Å². The van der Waals surface area contributed by atoms with Gasteiger partial charge < -0.3 is 28.7 Å². The van der Waals surface area contributed by atoms with Crippen molar-refractivity contribution in [3.8, 4) is 17.2 Å². The van der Waals surface area contributed by atoms with E-state index in [1.807, 2.05) is 19.0 Å². The molecule has 1 aliphatic rings. The average Bonchev–Trinajstić information content (AvgIpc) is 2.85. The lowest BCUT2D eigenvalue weighted by Crippen LogP contribution is -2.42. The first kappa shape index (κ1) is 24.7. The van der Waals surface area contributed by atoms with Crippen LogP contribution in [0.4, 0.5) is 5.69 Å². The van der Waals surface area contributed by atoms with E-state index in [0.29, 0.717) is 35.9 Å². The normalized spacial score (nSPS) is 14.0. The van der Waals surface area contributed by atoms with Gasteiger partial charge >= 0.3 is 0 Å². The number of carbonyl (C=O) groups excluding carboxylic acids is 1. The number of morpholine rings is 1. The highest BCUT2D eigenvalue weighted by molar-refractivity contribution is 5.95. The third kappa shape index (κ3) is 6.30. The molecule has 0 bridgehead atoms. The van der Waals surface area contributed by atoms with Gasteiger partial charge in [-0.2, -0.15) is 0 Å². The molecule has 0 unspecified atom stereocenters. The summed E-state index contributed by atoms with van der Waals surface area (Å²) in [7, 11) is 8.67. The minimum Gasteiger partial charge on any atom is -0.493 e. The summed E-state index contributed by atoms with van der Waals surface area (Å²) in [4.78, 5) is 19.9. The van der Waals surface area contributed by atoms with E-state index < -0.39 is 0 Å². The minimum atomic E-state index is -0.0841. The maximum atomic E-state index is 13.7. The first-order valence-electron chi connectivity index (χ1n) is 11.1. The molecule has 1 aliphatic heterocycles. The van der Waals surface area contributed by atoms with E-state index >= 15 is 0 Å². The third-order valence-corrected chi connectivity index (χ3v) is 5.81. The number of methoxy groups -OCH3 is 3. The number of hydrogen-bond acceptors (Lipinski definition) is 7. The van der Waals surface area contributed by atoms with Gasteiger partial charge in [-0.05, 0) is 29.8 Å². The Labute approximate surface area is 196 Å².